The van der Waals surface area contributed by atoms with Crippen molar-refractivity contribution in [1.29, 1.82) is 0 Å². The Kier molecular flexibility index (Phi) is 7.96. The SMILES string of the molecule is O=C(COC(=O)CCSc1ccccc1Cl)Nc1cc2c(cc1[N+](=O)[O-])OCCCO2. The van der Waals surface area contributed by atoms with E-state index < -0.39 is 23.4 Å². The molecule has 0 saturated heterocycles. The molecule has 31 heavy (non-hydrogen) atoms. The van der Waals surface area contributed by atoms with Crippen LogP contribution >= 0.6 is 23.4 Å². The summed E-state index contributed by atoms with van der Waals surface area (Å²) >= 11 is 7.45. The van der Waals surface area contributed by atoms with Crippen LogP contribution in [0.4, 0.5) is 11.4 Å². The maximum absolute atomic E-state index is 12.2. The zero-order chi connectivity index (χ0) is 22.2. The van der Waals surface area contributed by atoms with E-state index in [1.807, 2.05) is 18.2 Å². The van der Waals surface area contributed by atoms with Crippen molar-refractivity contribution >= 4 is 46.6 Å². The van der Waals surface area contributed by atoms with Crippen molar-refractivity contribution in [2.24, 2.45) is 0 Å². The molecule has 1 heterocycles. The minimum absolute atomic E-state index is 0.0652. The van der Waals surface area contributed by atoms with E-state index in [0.717, 1.165) is 4.90 Å². The van der Waals surface area contributed by atoms with E-state index in [1.165, 1.54) is 23.9 Å². The van der Waals surface area contributed by atoms with Crippen molar-refractivity contribution in [3.8, 4) is 11.5 Å². The Morgan fingerprint density at radius 2 is 1.90 bits per heavy atom. The third-order valence-electron chi connectivity index (χ3n) is 4.10. The minimum Gasteiger partial charge on any atom is -0.489 e. The average Bonchev–Trinajstić information content (AvgIpc) is 2.98. The van der Waals surface area contributed by atoms with Crippen LogP contribution in [-0.2, 0) is 14.3 Å². The fourth-order valence-corrected chi connectivity index (χ4v) is 3.83. The Balaban J connectivity index is 1.52. The van der Waals surface area contributed by atoms with Crippen LogP contribution in [0.5, 0.6) is 11.5 Å². The number of esters is 1. The number of ether oxygens (including phenoxy) is 3. The van der Waals surface area contributed by atoms with Gasteiger partial charge in [-0.15, -0.1) is 11.8 Å². The van der Waals surface area contributed by atoms with Crippen LogP contribution in [0.1, 0.15) is 12.8 Å². The molecule has 0 aromatic heterocycles. The second kappa shape index (κ2) is 10.9. The quantitative estimate of drug-likeness (QED) is 0.268. The van der Waals surface area contributed by atoms with Gasteiger partial charge in [0.1, 0.15) is 5.69 Å². The molecule has 164 valence electrons. The summed E-state index contributed by atoms with van der Waals surface area (Å²) in [5, 5.41) is 14.3. The molecular formula is C20H19ClN2O7S. The molecule has 1 N–H and O–H groups in total. The lowest BCUT2D eigenvalue weighted by Gasteiger charge is -2.11. The van der Waals surface area contributed by atoms with E-state index in [0.29, 0.717) is 36.2 Å². The Morgan fingerprint density at radius 3 is 2.61 bits per heavy atom. The number of carbonyl (C=O) groups excluding carboxylic acids is 2. The van der Waals surface area contributed by atoms with E-state index >= 15 is 0 Å². The molecule has 0 aliphatic carbocycles. The molecule has 9 nitrogen and oxygen atoms in total. The average molecular weight is 467 g/mol. The molecule has 0 bridgehead atoms. The van der Waals surface area contributed by atoms with Crippen molar-refractivity contribution in [2.45, 2.75) is 17.7 Å². The summed E-state index contributed by atoms with van der Waals surface area (Å²) in [6.45, 7) is 0.198. The van der Waals surface area contributed by atoms with Gasteiger partial charge in [-0.05, 0) is 12.1 Å². The maximum Gasteiger partial charge on any atom is 0.307 e. The molecule has 3 rings (SSSR count). The van der Waals surface area contributed by atoms with Crippen LogP contribution in [0.3, 0.4) is 0 Å². The van der Waals surface area contributed by atoms with Crippen molar-refractivity contribution in [1.82, 2.24) is 0 Å². The molecule has 0 radical (unpaired) electrons. The van der Waals surface area contributed by atoms with Crippen LogP contribution in [0.25, 0.3) is 0 Å². The molecule has 0 atom stereocenters. The van der Waals surface area contributed by atoms with E-state index in [4.69, 9.17) is 25.8 Å². The third-order valence-corrected chi connectivity index (χ3v) is 5.62. The summed E-state index contributed by atoms with van der Waals surface area (Å²) in [5.41, 5.74) is -0.412. The monoisotopic (exact) mass is 466 g/mol. The van der Waals surface area contributed by atoms with Gasteiger partial charge in [0.2, 0.25) is 0 Å². The number of nitro benzene ring substituents is 1. The Bertz CT molecular complexity index is 986. The molecule has 0 saturated carbocycles. The van der Waals surface area contributed by atoms with Crippen molar-refractivity contribution in [3.05, 3.63) is 51.5 Å². The lowest BCUT2D eigenvalue weighted by Crippen LogP contribution is -2.21. The topological polar surface area (TPSA) is 117 Å². The number of benzene rings is 2. The summed E-state index contributed by atoms with van der Waals surface area (Å²) in [5.74, 6) is -0.304. The first-order valence-electron chi connectivity index (χ1n) is 9.35. The molecule has 11 heteroatoms. The van der Waals surface area contributed by atoms with E-state index in [1.54, 1.807) is 6.07 Å². The highest BCUT2D eigenvalue weighted by atomic mass is 35.5. The van der Waals surface area contributed by atoms with Crippen LogP contribution in [-0.4, -0.2) is 42.4 Å². The first kappa shape index (κ1) is 22.7. The number of hydrogen-bond acceptors (Lipinski definition) is 8. The summed E-state index contributed by atoms with van der Waals surface area (Å²) in [7, 11) is 0. The van der Waals surface area contributed by atoms with Gasteiger partial charge in [-0.2, -0.15) is 0 Å². The van der Waals surface area contributed by atoms with Gasteiger partial charge in [-0.25, -0.2) is 0 Å². The summed E-state index contributed by atoms with van der Waals surface area (Å²) in [6, 6.07) is 9.79. The van der Waals surface area contributed by atoms with Crippen LogP contribution in [0, 0.1) is 10.1 Å². The molecule has 2 aromatic carbocycles. The van der Waals surface area contributed by atoms with Crippen molar-refractivity contribution < 1.29 is 28.7 Å². The Hall–Kier alpha value is -2.98. The van der Waals surface area contributed by atoms with Gasteiger partial charge >= 0.3 is 5.97 Å². The zero-order valence-electron chi connectivity index (χ0n) is 16.3. The molecule has 0 fully saturated rings. The maximum atomic E-state index is 12.2. The zero-order valence-corrected chi connectivity index (χ0v) is 17.9. The number of amides is 1. The molecule has 0 spiro atoms. The summed E-state index contributed by atoms with van der Waals surface area (Å²) in [6.07, 6.45) is 0.711. The first-order chi connectivity index (χ1) is 14.9. The predicted octanol–water partition coefficient (Wildman–Crippen LogP) is 4.07. The molecule has 1 aliphatic heterocycles. The number of fused-ring (bicyclic) bond motifs is 1. The largest absolute Gasteiger partial charge is 0.489 e. The second-order valence-corrected chi connectivity index (χ2v) is 7.91. The van der Waals surface area contributed by atoms with Gasteiger partial charge in [0.15, 0.2) is 18.1 Å². The normalized spacial score (nSPS) is 12.5. The molecule has 0 unspecified atom stereocenters. The predicted molar refractivity (Wildman–Crippen MR) is 115 cm³/mol. The number of nitrogens with zero attached hydrogens (tertiary/aromatic N) is 1. The first-order valence-corrected chi connectivity index (χ1v) is 10.7. The highest BCUT2D eigenvalue weighted by Crippen LogP contribution is 2.39. The summed E-state index contributed by atoms with van der Waals surface area (Å²) < 4.78 is 15.9. The number of nitro groups is 1. The van der Waals surface area contributed by atoms with E-state index in [9.17, 15) is 19.7 Å². The van der Waals surface area contributed by atoms with Crippen molar-refractivity contribution in [2.75, 3.05) is 30.9 Å². The third kappa shape index (κ3) is 6.50. The Labute approximate surface area is 187 Å². The van der Waals surface area contributed by atoms with Gasteiger partial charge in [0, 0.05) is 23.1 Å². The molecule has 1 aliphatic rings. The van der Waals surface area contributed by atoms with Crippen LogP contribution < -0.4 is 14.8 Å². The number of halogens is 1. The van der Waals surface area contributed by atoms with Crippen LogP contribution in [0.15, 0.2) is 41.3 Å². The van der Waals surface area contributed by atoms with E-state index in [-0.39, 0.29) is 23.5 Å². The van der Waals surface area contributed by atoms with Gasteiger partial charge in [0.25, 0.3) is 11.6 Å². The number of rotatable bonds is 8. The standard InChI is InChI=1S/C20H19ClN2O7S/c21-13-4-1-2-5-18(13)31-9-6-20(25)30-12-19(24)22-14-10-16-17(11-15(14)23(26)27)29-8-3-7-28-16/h1-2,4-5,10-11H,3,6-9,12H2,(H,22,24). The lowest BCUT2D eigenvalue weighted by atomic mass is 10.2. The van der Waals surface area contributed by atoms with Crippen molar-refractivity contribution in [3.63, 3.8) is 0 Å². The van der Waals surface area contributed by atoms with Gasteiger partial charge in [-0.3, -0.25) is 19.7 Å². The highest BCUT2D eigenvalue weighted by molar-refractivity contribution is 7.99. The lowest BCUT2D eigenvalue weighted by molar-refractivity contribution is -0.384. The number of nitrogens with one attached hydrogen (secondary N) is 1. The molecule has 1 amide bonds. The number of thioether (sulfide) groups is 1. The number of hydrogen-bond donors (Lipinski definition) is 1. The minimum atomic E-state index is -0.704. The number of carbonyl (C=O) groups is 2. The number of anilines is 1. The van der Waals surface area contributed by atoms with Gasteiger partial charge in [0.05, 0.1) is 35.6 Å². The highest BCUT2D eigenvalue weighted by Gasteiger charge is 2.23. The second-order valence-electron chi connectivity index (χ2n) is 6.36. The van der Waals surface area contributed by atoms with E-state index in [2.05, 4.69) is 5.32 Å². The van der Waals surface area contributed by atoms with Gasteiger partial charge in [-0.1, -0.05) is 23.7 Å². The Morgan fingerprint density at radius 1 is 1.19 bits per heavy atom. The fraction of sp³-hybridized carbons (Fsp3) is 0.300. The van der Waals surface area contributed by atoms with Crippen LogP contribution in [0.2, 0.25) is 5.02 Å². The summed E-state index contributed by atoms with van der Waals surface area (Å²) in [4.78, 5) is 35.6. The van der Waals surface area contributed by atoms with Gasteiger partial charge < -0.3 is 19.5 Å². The molecular weight excluding hydrogens is 448 g/mol. The fourth-order valence-electron chi connectivity index (χ4n) is 2.66. The molecule has 2 aromatic rings. The smallest absolute Gasteiger partial charge is 0.307 e.